The lowest BCUT2D eigenvalue weighted by atomic mass is 10.2. The molecule has 0 unspecified atom stereocenters. The largest absolute Gasteiger partial charge is 0.491 e. The van der Waals surface area contributed by atoms with Crippen LogP contribution in [0.3, 0.4) is 0 Å². The van der Waals surface area contributed by atoms with E-state index >= 15 is 0 Å². The number of benzene rings is 2. The molecule has 4 rings (SSSR count). The SMILES string of the molecule is CN1CCC[C@H]1COc1ccc(CN2CC[C@H](NC(=O)c3ccc(Cl)c(Cl)c3)C2)cc1Br. The van der Waals surface area contributed by atoms with Crippen LogP contribution in [0.5, 0.6) is 5.75 Å². The highest BCUT2D eigenvalue weighted by Crippen LogP contribution is 2.28. The molecule has 2 saturated heterocycles. The number of halogens is 3. The van der Waals surface area contributed by atoms with Gasteiger partial charge in [0.05, 0.1) is 14.5 Å². The van der Waals surface area contributed by atoms with E-state index in [0.29, 0.717) is 21.7 Å². The van der Waals surface area contributed by atoms with Gasteiger partial charge in [-0.05, 0) is 84.7 Å². The van der Waals surface area contributed by atoms with Crippen LogP contribution < -0.4 is 10.1 Å². The molecule has 1 N–H and O–H groups in total. The number of ether oxygens (including phenoxy) is 1. The first-order chi connectivity index (χ1) is 15.4. The van der Waals surface area contributed by atoms with Gasteiger partial charge in [0.2, 0.25) is 0 Å². The van der Waals surface area contributed by atoms with Crippen molar-refractivity contribution in [2.45, 2.75) is 37.9 Å². The van der Waals surface area contributed by atoms with Crippen molar-refractivity contribution in [3.05, 3.63) is 62.0 Å². The Morgan fingerprint density at radius 1 is 1.16 bits per heavy atom. The number of carbonyl (C=O) groups excluding carboxylic acids is 1. The fourth-order valence-corrected chi connectivity index (χ4v) is 5.23. The van der Waals surface area contributed by atoms with E-state index in [-0.39, 0.29) is 11.9 Å². The predicted molar refractivity (Wildman–Crippen MR) is 133 cm³/mol. The van der Waals surface area contributed by atoms with Crippen molar-refractivity contribution in [1.29, 1.82) is 0 Å². The smallest absolute Gasteiger partial charge is 0.251 e. The van der Waals surface area contributed by atoms with Crippen molar-refractivity contribution in [2.24, 2.45) is 0 Å². The van der Waals surface area contributed by atoms with Crippen LogP contribution in [0.1, 0.15) is 35.2 Å². The number of likely N-dealkylation sites (N-methyl/N-ethyl adjacent to an activating group) is 1. The Hall–Kier alpha value is -1.31. The molecule has 5 nitrogen and oxygen atoms in total. The third-order valence-electron chi connectivity index (χ3n) is 6.29. The second-order valence-corrected chi connectivity index (χ2v) is 10.3. The first kappa shape index (κ1) is 23.8. The summed E-state index contributed by atoms with van der Waals surface area (Å²) < 4.78 is 7.05. The monoisotopic (exact) mass is 539 g/mol. The van der Waals surface area contributed by atoms with Gasteiger partial charge in [0.1, 0.15) is 12.4 Å². The topological polar surface area (TPSA) is 44.8 Å². The Labute approximate surface area is 208 Å². The highest BCUT2D eigenvalue weighted by atomic mass is 79.9. The third-order valence-corrected chi connectivity index (χ3v) is 7.65. The molecular weight excluding hydrogens is 513 g/mol. The molecule has 0 saturated carbocycles. The number of hydrogen-bond acceptors (Lipinski definition) is 4. The van der Waals surface area contributed by atoms with E-state index in [9.17, 15) is 4.79 Å². The lowest BCUT2D eigenvalue weighted by Gasteiger charge is -2.21. The minimum absolute atomic E-state index is 0.117. The number of carbonyl (C=O) groups is 1. The van der Waals surface area contributed by atoms with Crippen LogP contribution >= 0.6 is 39.1 Å². The summed E-state index contributed by atoms with van der Waals surface area (Å²) in [6, 6.07) is 11.9. The first-order valence-corrected chi connectivity index (χ1v) is 12.5. The second kappa shape index (κ2) is 10.7. The van der Waals surface area contributed by atoms with Crippen molar-refractivity contribution < 1.29 is 9.53 Å². The molecule has 1 amide bonds. The van der Waals surface area contributed by atoms with Crippen molar-refractivity contribution in [2.75, 3.05) is 33.3 Å². The molecule has 2 fully saturated rings. The zero-order chi connectivity index (χ0) is 22.7. The number of hydrogen-bond donors (Lipinski definition) is 1. The van der Waals surface area contributed by atoms with Gasteiger partial charge in [-0.15, -0.1) is 0 Å². The summed E-state index contributed by atoms with van der Waals surface area (Å²) in [5.74, 6) is 0.773. The molecule has 8 heteroatoms. The van der Waals surface area contributed by atoms with Crippen LogP contribution in [0.2, 0.25) is 10.0 Å². The van der Waals surface area contributed by atoms with E-state index < -0.39 is 0 Å². The van der Waals surface area contributed by atoms with E-state index in [2.05, 4.69) is 50.2 Å². The van der Waals surface area contributed by atoms with Crippen LogP contribution in [0.25, 0.3) is 0 Å². The van der Waals surface area contributed by atoms with E-state index in [4.69, 9.17) is 27.9 Å². The maximum atomic E-state index is 12.5. The number of rotatable bonds is 7. The fourth-order valence-electron chi connectivity index (χ4n) is 4.39. The normalized spacial score (nSPS) is 21.8. The quantitative estimate of drug-likeness (QED) is 0.522. The average molecular weight is 541 g/mol. The van der Waals surface area contributed by atoms with Crippen LogP contribution in [0.4, 0.5) is 0 Å². The van der Waals surface area contributed by atoms with Gasteiger partial charge < -0.3 is 15.0 Å². The summed E-state index contributed by atoms with van der Waals surface area (Å²) in [4.78, 5) is 17.3. The molecule has 0 aliphatic carbocycles. The summed E-state index contributed by atoms with van der Waals surface area (Å²) >= 11 is 15.6. The molecule has 2 aromatic rings. The average Bonchev–Trinajstić information content (AvgIpc) is 3.38. The Morgan fingerprint density at radius 2 is 2.00 bits per heavy atom. The molecule has 0 radical (unpaired) electrons. The minimum Gasteiger partial charge on any atom is -0.491 e. The molecule has 2 heterocycles. The summed E-state index contributed by atoms with van der Waals surface area (Å²) in [5.41, 5.74) is 1.75. The maximum absolute atomic E-state index is 12.5. The standard InChI is InChI=1S/C24H28BrCl2N3O2/c1-29-9-2-3-19(29)15-32-23-7-4-16(11-20(23)25)13-30-10-8-18(14-30)28-24(31)17-5-6-21(26)22(27)12-17/h4-7,11-12,18-19H,2-3,8-10,13-15H2,1H3,(H,28,31)/t18-,19-/m0/s1. The molecule has 2 aliphatic heterocycles. The molecule has 0 bridgehead atoms. The molecule has 2 aromatic carbocycles. The van der Waals surface area contributed by atoms with Crippen molar-refractivity contribution in [1.82, 2.24) is 15.1 Å². The zero-order valence-corrected chi connectivity index (χ0v) is 21.2. The Balaban J connectivity index is 1.27. The molecular formula is C24H28BrCl2N3O2. The third kappa shape index (κ3) is 5.97. The van der Waals surface area contributed by atoms with Crippen molar-refractivity contribution in [3.8, 4) is 5.75 Å². The van der Waals surface area contributed by atoms with Gasteiger partial charge in [-0.3, -0.25) is 9.69 Å². The number of nitrogens with one attached hydrogen (secondary N) is 1. The Kier molecular flexibility index (Phi) is 8.00. The summed E-state index contributed by atoms with van der Waals surface area (Å²) in [5, 5.41) is 3.95. The Morgan fingerprint density at radius 3 is 2.72 bits per heavy atom. The highest BCUT2D eigenvalue weighted by Gasteiger charge is 2.25. The predicted octanol–water partition coefficient (Wildman–Crippen LogP) is 5.23. The van der Waals surface area contributed by atoms with Crippen LogP contribution in [0, 0.1) is 0 Å². The second-order valence-electron chi connectivity index (χ2n) is 8.68. The van der Waals surface area contributed by atoms with E-state index in [0.717, 1.165) is 49.4 Å². The van der Waals surface area contributed by atoms with Crippen molar-refractivity contribution in [3.63, 3.8) is 0 Å². The van der Waals surface area contributed by atoms with Gasteiger partial charge in [-0.1, -0.05) is 29.3 Å². The van der Waals surface area contributed by atoms with Gasteiger partial charge in [-0.25, -0.2) is 0 Å². The summed E-state index contributed by atoms with van der Waals surface area (Å²) in [6.45, 7) is 4.47. The summed E-state index contributed by atoms with van der Waals surface area (Å²) in [6.07, 6.45) is 3.36. The minimum atomic E-state index is -0.118. The maximum Gasteiger partial charge on any atom is 0.251 e. The van der Waals surface area contributed by atoms with Gasteiger partial charge in [-0.2, -0.15) is 0 Å². The van der Waals surface area contributed by atoms with Crippen LogP contribution in [0.15, 0.2) is 40.9 Å². The van der Waals surface area contributed by atoms with Gasteiger partial charge in [0.15, 0.2) is 0 Å². The van der Waals surface area contributed by atoms with Crippen molar-refractivity contribution >= 4 is 45.0 Å². The Bertz CT molecular complexity index is 974. The van der Waals surface area contributed by atoms with Crippen LogP contribution in [-0.2, 0) is 6.54 Å². The molecule has 32 heavy (non-hydrogen) atoms. The molecule has 0 spiro atoms. The van der Waals surface area contributed by atoms with E-state index in [1.54, 1.807) is 18.2 Å². The van der Waals surface area contributed by atoms with Gasteiger partial charge >= 0.3 is 0 Å². The zero-order valence-electron chi connectivity index (χ0n) is 18.1. The number of nitrogens with zero attached hydrogens (tertiary/aromatic N) is 2. The molecule has 0 aromatic heterocycles. The molecule has 2 atom stereocenters. The number of amides is 1. The molecule has 2 aliphatic rings. The van der Waals surface area contributed by atoms with E-state index in [1.807, 2.05) is 6.07 Å². The summed E-state index contributed by atoms with van der Waals surface area (Å²) in [7, 11) is 2.16. The van der Waals surface area contributed by atoms with Crippen LogP contribution in [-0.4, -0.2) is 61.1 Å². The lowest BCUT2D eigenvalue weighted by Crippen LogP contribution is -2.37. The first-order valence-electron chi connectivity index (χ1n) is 11.0. The number of likely N-dealkylation sites (tertiary alicyclic amines) is 2. The fraction of sp³-hybridized carbons (Fsp3) is 0.458. The van der Waals surface area contributed by atoms with E-state index in [1.165, 1.54) is 18.4 Å². The van der Waals surface area contributed by atoms with Gasteiger partial charge in [0, 0.05) is 37.3 Å². The lowest BCUT2D eigenvalue weighted by molar-refractivity contribution is 0.0937. The van der Waals surface area contributed by atoms with Gasteiger partial charge in [0.25, 0.3) is 5.91 Å². The highest BCUT2D eigenvalue weighted by molar-refractivity contribution is 9.10. The molecule has 172 valence electrons.